The third-order valence-electron chi connectivity index (χ3n) is 3.42. The first-order valence-corrected chi connectivity index (χ1v) is 7.54. The second-order valence-electron chi connectivity index (χ2n) is 6.42. The maximum Gasteiger partial charge on any atom is 0.429 e. The molecule has 0 atom stereocenters. The van der Waals surface area contributed by atoms with Gasteiger partial charge in [0.05, 0.1) is 12.1 Å². The number of benzene rings is 1. The van der Waals surface area contributed by atoms with E-state index < -0.39 is 11.7 Å². The summed E-state index contributed by atoms with van der Waals surface area (Å²) in [5.74, 6) is 0.260. The summed E-state index contributed by atoms with van der Waals surface area (Å²) in [6, 6.07) is 11.3. The second kappa shape index (κ2) is 5.53. The van der Waals surface area contributed by atoms with Gasteiger partial charge in [-0.25, -0.2) is 14.8 Å². The fraction of sp³-hybridized carbons (Fsp3) is 0.353. The molecule has 2 heterocycles. The van der Waals surface area contributed by atoms with Crippen molar-refractivity contribution in [1.29, 1.82) is 0 Å². The molecular weight excluding hydrogens is 294 g/mol. The lowest BCUT2D eigenvalue weighted by atomic mass is 10.2. The van der Waals surface area contributed by atoms with E-state index in [0.717, 1.165) is 10.9 Å². The average molecular weight is 313 g/mol. The number of ether oxygens (including phenoxy) is 1. The first kappa shape index (κ1) is 15.3. The maximum absolute atomic E-state index is 12.3. The fourth-order valence-corrected chi connectivity index (χ4v) is 2.45. The molecule has 23 heavy (non-hydrogen) atoms. The monoisotopic (exact) mass is 313 g/mol. The molecule has 1 aliphatic heterocycles. The normalized spacial score (nSPS) is 15.3. The van der Waals surface area contributed by atoms with Crippen molar-refractivity contribution in [3.8, 4) is 0 Å². The van der Waals surface area contributed by atoms with Gasteiger partial charge in [-0.15, -0.1) is 0 Å². The summed E-state index contributed by atoms with van der Waals surface area (Å²) in [7, 11) is 0. The number of carbonyl (C=O) groups is 2. The Morgan fingerprint density at radius 3 is 2.65 bits per heavy atom. The molecule has 6 nitrogen and oxygen atoms in total. The van der Waals surface area contributed by atoms with E-state index >= 15 is 0 Å². The minimum atomic E-state index is -0.620. The predicted molar refractivity (Wildman–Crippen MR) is 86.8 cm³/mol. The lowest BCUT2D eigenvalue weighted by Gasteiger charge is -2.29. The highest BCUT2D eigenvalue weighted by molar-refractivity contribution is 5.98. The molecule has 1 aromatic heterocycles. The molecule has 120 valence electrons. The largest absolute Gasteiger partial charge is 0.442 e. The molecule has 6 heteroatoms. The summed E-state index contributed by atoms with van der Waals surface area (Å²) in [5.41, 5.74) is 0.152. The Bertz CT molecular complexity index is 767. The van der Waals surface area contributed by atoms with Crippen LogP contribution in [0.4, 0.5) is 10.6 Å². The fourth-order valence-electron chi connectivity index (χ4n) is 2.45. The molecule has 0 saturated carbocycles. The van der Waals surface area contributed by atoms with Crippen LogP contribution in [0.25, 0.3) is 10.9 Å². The first-order chi connectivity index (χ1) is 10.8. The van der Waals surface area contributed by atoms with Crippen molar-refractivity contribution in [2.45, 2.75) is 32.8 Å². The standard InChI is InChI=1S/C17H19N3O3/c1-17(2,3)23-16(22)19-11-10-15(21)20(19)14-9-8-12-6-4-5-7-13(12)18-14/h4-9H,10-11H2,1-3H3. The van der Waals surface area contributed by atoms with E-state index in [1.807, 2.05) is 30.3 Å². The summed E-state index contributed by atoms with van der Waals surface area (Å²) in [6.07, 6.45) is -0.286. The number of rotatable bonds is 1. The molecule has 0 N–H and O–H groups in total. The zero-order valence-corrected chi connectivity index (χ0v) is 13.4. The SMILES string of the molecule is CC(C)(C)OC(=O)N1CCC(=O)N1c1ccc2ccccc2n1. The molecule has 1 saturated heterocycles. The molecule has 0 unspecified atom stereocenters. The molecule has 0 aliphatic carbocycles. The summed E-state index contributed by atoms with van der Waals surface area (Å²) >= 11 is 0. The summed E-state index contributed by atoms with van der Waals surface area (Å²) in [4.78, 5) is 29.1. The summed E-state index contributed by atoms with van der Waals surface area (Å²) < 4.78 is 5.37. The van der Waals surface area contributed by atoms with Crippen LogP contribution < -0.4 is 5.01 Å². The number of nitrogens with zero attached hydrogens (tertiary/aromatic N) is 3. The highest BCUT2D eigenvalue weighted by Gasteiger charge is 2.37. The van der Waals surface area contributed by atoms with Gasteiger partial charge in [0.2, 0.25) is 5.91 Å². The lowest BCUT2D eigenvalue weighted by Crippen LogP contribution is -2.46. The summed E-state index contributed by atoms with van der Waals surface area (Å²) in [6.45, 7) is 5.67. The Morgan fingerprint density at radius 1 is 1.17 bits per heavy atom. The highest BCUT2D eigenvalue weighted by atomic mass is 16.6. The van der Waals surface area contributed by atoms with Crippen molar-refractivity contribution in [1.82, 2.24) is 9.99 Å². The number of pyridine rings is 1. The van der Waals surface area contributed by atoms with Crippen LogP contribution in [0.5, 0.6) is 0 Å². The van der Waals surface area contributed by atoms with Crippen LogP contribution in [-0.2, 0) is 9.53 Å². The van der Waals surface area contributed by atoms with Gasteiger partial charge < -0.3 is 4.74 Å². The van der Waals surface area contributed by atoms with Gasteiger partial charge in [0, 0.05) is 11.8 Å². The van der Waals surface area contributed by atoms with Gasteiger partial charge in [-0.2, -0.15) is 5.01 Å². The number of carbonyl (C=O) groups excluding carboxylic acids is 2. The Kier molecular flexibility index (Phi) is 3.67. The highest BCUT2D eigenvalue weighted by Crippen LogP contribution is 2.25. The quantitative estimate of drug-likeness (QED) is 0.811. The van der Waals surface area contributed by atoms with E-state index in [1.165, 1.54) is 10.0 Å². The van der Waals surface area contributed by atoms with E-state index in [4.69, 9.17) is 4.74 Å². The van der Waals surface area contributed by atoms with Crippen LogP contribution in [0, 0.1) is 0 Å². The zero-order valence-electron chi connectivity index (χ0n) is 13.4. The number of aromatic nitrogens is 1. The number of hydrazine groups is 1. The maximum atomic E-state index is 12.3. The van der Waals surface area contributed by atoms with Gasteiger partial charge in [0.1, 0.15) is 5.60 Å². The smallest absolute Gasteiger partial charge is 0.429 e. The van der Waals surface area contributed by atoms with Crippen LogP contribution in [0.3, 0.4) is 0 Å². The van der Waals surface area contributed by atoms with Gasteiger partial charge in [-0.05, 0) is 39.0 Å². The zero-order chi connectivity index (χ0) is 16.6. The van der Waals surface area contributed by atoms with Crippen molar-refractivity contribution < 1.29 is 14.3 Å². The van der Waals surface area contributed by atoms with Crippen molar-refractivity contribution in [2.24, 2.45) is 0 Å². The van der Waals surface area contributed by atoms with Crippen LogP contribution in [0.15, 0.2) is 36.4 Å². The van der Waals surface area contributed by atoms with E-state index in [0.29, 0.717) is 12.4 Å². The van der Waals surface area contributed by atoms with Crippen molar-refractivity contribution in [3.05, 3.63) is 36.4 Å². The van der Waals surface area contributed by atoms with Gasteiger partial charge in [0.25, 0.3) is 0 Å². The van der Waals surface area contributed by atoms with Crippen molar-refractivity contribution >= 4 is 28.7 Å². The second-order valence-corrected chi connectivity index (χ2v) is 6.42. The molecule has 2 amide bonds. The van der Waals surface area contributed by atoms with E-state index in [-0.39, 0.29) is 12.3 Å². The molecular formula is C17H19N3O3. The molecule has 0 radical (unpaired) electrons. The minimum Gasteiger partial charge on any atom is -0.442 e. The Morgan fingerprint density at radius 2 is 1.91 bits per heavy atom. The number of hydrogen-bond donors (Lipinski definition) is 0. The van der Waals surface area contributed by atoms with Crippen molar-refractivity contribution in [3.63, 3.8) is 0 Å². The number of hydrogen-bond acceptors (Lipinski definition) is 4. The van der Waals surface area contributed by atoms with Gasteiger partial charge in [-0.3, -0.25) is 4.79 Å². The third-order valence-corrected chi connectivity index (χ3v) is 3.42. The lowest BCUT2D eigenvalue weighted by molar-refractivity contribution is -0.118. The van der Waals surface area contributed by atoms with Gasteiger partial charge in [-0.1, -0.05) is 18.2 Å². The number of fused-ring (bicyclic) bond motifs is 1. The molecule has 1 aliphatic rings. The number of para-hydroxylation sites is 1. The molecule has 3 rings (SSSR count). The first-order valence-electron chi connectivity index (χ1n) is 7.54. The number of anilines is 1. The van der Waals surface area contributed by atoms with E-state index in [9.17, 15) is 9.59 Å². The van der Waals surface area contributed by atoms with Gasteiger partial charge >= 0.3 is 6.09 Å². The van der Waals surface area contributed by atoms with Crippen LogP contribution in [0.2, 0.25) is 0 Å². The molecule has 1 aromatic carbocycles. The predicted octanol–water partition coefficient (Wildman–Crippen LogP) is 3.12. The summed E-state index contributed by atoms with van der Waals surface area (Å²) in [5, 5.41) is 3.59. The van der Waals surface area contributed by atoms with Gasteiger partial charge in [0.15, 0.2) is 5.82 Å². The minimum absolute atomic E-state index is 0.168. The third kappa shape index (κ3) is 3.11. The average Bonchev–Trinajstić information content (AvgIpc) is 2.87. The number of amides is 2. The molecule has 0 bridgehead atoms. The molecule has 0 spiro atoms. The van der Waals surface area contributed by atoms with Crippen molar-refractivity contribution in [2.75, 3.05) is 11.6 Å². The van der Waals surface area contributed by atoms with Crippen LogP contribution in [-0.4, -0.2) is 34.1 Å². The van der Waals surface area contributed by atoms with E-state index in [2.05, 4.69) is 4.98 Å². The topological polar surface area (TPSA) is 62.7 Å². The Balaban J connectivity index is 1.93. The molecule has 2 aromatic rings. The van der Waals surface area contributed by atoms with E-state index in [1.54, 1.807) is 26.8 Å². The van der Waals surface area contributed by atoms with Crippen LogP contribution in [0.1, 0.15) is 27.2 Å². The Hall–Kier alpha value is -2.63. The van der Waals surface area contributed by atoms with Crippen LogP contribution >= 0.6 is 0 Å². The Labute approximate surface area is 134 Å². The molecule has 1 fully saturated rings.